The van der Waals surface area contributed by atoms with E-state index in [1.54, 1.807) is 0 Å². The summed E-state index contributed by atoms with van der Waals surface area (Å²) in [5.74, 6) is 0. The Hall–Kier alpha value is -3.18. The lowest BCUT2D eigenvalue weighted by Crippen LogP contribution is -2.77. The number of hydrogen-bond donors (Lipinski definition) is 0. The normalized spacial score (nSPS) is 11.3. The predicted octanol–water partition coefficient (Wildman–Crippen LogP) is 2.56. The van der Waals surface area contributed by atoms with E-state index >= 15 is 0 Å². The summed E-state index contributed by atoms with van der Waals surface area (Å²) in [6.45, 7) is 2.90. The lowest BCUT2D eigenvalue weighted by molar-refractivity contribution is 0.423. The Labute approximate surface area is 160 Å². The van der Waals surface area contributed by atoms with Crippen LogP contribution in [0.2, 0.25) is 0 Å². The van der Waals surface area contributed by atoms with Crippen molar-refractivity contribution in [2.75, 3.05) is 11.1 Å². The largest absolute Gasteiger partial charge is 0.339 e. The van der Waals surface area contributed by atoms with Gasteiger partial charge in [-0.15, -0.1) is 0 Å². The summed E-state index contributed by atoms with van der Waals surface area (Å²) in [5, 5.41) is 7.72. The first-order valence-electron chi connectivity index (χ1n) is 9.08. The van der Waals surface area contributed by atoms with Crippen molar-refractivity contribution < 1.29 is 4.52 Å². The van der Waals surface area contributed by atoms with Gasteiger partial charge in [-0.2, -0.15) is 4.98 Å². The van der Waals surface area contributed by atoms with Crippen molar-refractivity contribution in [3.05, 3.63) is 97.3 Å². The van der Waals surface area contributed by atoms with Gasteiger partial charge in [0.2, 0.25) is 0 Å². The molecule has 0 amide bonds. The zero-order chi connectivity index (χ0) is 18.5. The Morgan fingerprint density at radius 2 is 1.19 bits per heavy atom. The minimum Gasteiger partial charge on any atom is -0.339 e. The van der Waals surface area contributed by atoms with Crippen molar-refractivity contribution in [3.8, 4) is 0 Å². The van der Waals surface area contributed by atoms with Crippen LogP contribution in [0.4, 0.5) is 6.01 Å². The minimum absolute atomic E-state index is 0.556. The molecule has 0 radical (unpaired) electrons. The van der Waals surface area contributed by atoms with E-state index in [4.69, 9.17) is 4.52 Å². The van der Waals surface area contributed by atoms with Gasteiger partial charge in [-0.1, -0.05) is 96.2 Å². The smallest absolute Gasteiger partial charge is 0.316 e. The lowest BCUT2D eigenvalue weighted by Gasteiger charge is -2.41. The van der Waals surface area contributed by atoms with Crippen molar-refractivity contribution in [2.24, 2.45) is 0 Å². The van der Waals surface area contributed by atoms with E-state index in [-0.39, 0.29) is 0 Å². The van der Waals surface area contributed by atoms with Crippen molar-refractivity contribution in [1.82, 2.24) is 10.1 Å². The van der Waals surface area contributed by atoms with Crippen LogP contribution in [0.3, 0.4) is 0 Å². The van der Waals surface area contributed by atoms with Gasteiger partial charge >= 0.3 is 6.01 Å². The maximum absolute atomic E-state index is 5.56. The second kappa shape index (κ2) is 7.59. The summed E-state index contributed by atoms with van der Waals surface area (Å²) in [7, 11) is -2.62. The first-order chi connectivity index (χ1) is 13.4. The molecule has 0 saturated carbocycles. The van der Waals surface area contributed by atoms with Gasteiger partial charge in [0, 0.05) is 6.54 Å². The van der Waals surface area contributed by atoms with E-state index in [2.05, 4.69) is 113 Å². The van der Waals surface area contributed by atoms with Gasteiger partial charge in [-0.05, 0) is 22.5 Å². The summed E-state index contributed by atoms with van der Waals surface area (Å²) in [4.78, 5) is 4.41. The van der Waals surface area contributed by atoms with Gasteiger partial charge in [0.15, 0.2) is 6.33 Å². The fraction of sp³-hybridized carbons (Fsp3) is 0.0909. The Morgan fingerprint density at radius 1 is 0.741 bits per heavy atom. The molecule has 0 atom stereocenters. The monoisotopic (exact) mass is 371 g/mol. The first-order valence-corrected chi connectivity index (χ1v) is 11.0. The molecular formula is C22H21N3OSi. The van der Waals surface area contributed by atoms with E-state index in [0.29, 0.717) is 6.01 Å². The van der Waals surface area contributed by atoms with Gasteiger partial charge in [0.05, 0.1) is 0 Å². The molecule has 4 nitrogen and oxygen atoms in total. The molecule has 27 heavy (non-hydrogen) atoms. The molecule has 4 aromatic rings. The predicted molar refractivity (Wildman–Crippen MR) is 111 cm³/mol. The number of hydrogen-bond acceptors (Lipinski definition) is 4. The highest BCUT2D eigenvalue weighted by atomic mass is 28.3. The average Bonchev–Trinajstić information content (AvgIpc) is 3.28. The van der Waals surface area contributed by atoms with Crippen LogP contribution in [0.5, 0.6) is 0 Å². The second-order valence-electron chi connectivity index (χ2n) is 6.28. The van der Waals surface area contributed by atoms with Crippen LogP contribution in [0.15, 0.2) is 102 Å². The number of aromatic nitrogens is 2. The molecule has 0 fully saturated rings. The summed E-state index contributed by atoms with van der Waals surface area (Å²) >= 11 is 0. The molecule has 0 aliphatic rings. The SMILES string of the molecule is CCN(c1ncno1)[Si](c1ccccc1)(c1ccccc1)c1ccccc1. The van der Waals surface area contributed by atoms with Crippen LogP contribution >= 0.6 is 0 Å². The molecule has 0 saturated heterocycles. The molecule has 4 rings (SSSR count). The molecule has 0 aliphatic heterocycles. The maximum Gasteiger partial charge on any atom is 0.316 e. The quantitative estimate of drug-likeness (QED) is 0.386. The Bertz CT molecular complexity index is 864. The summed E-state index contributed by atoms with van der Waals surface area (Å²) in [6.07, 6.45) is 1.47. The van der Waals surface area contributed by atoms with Crippen LogP contribution in [0, 0.1) is 0 Å². The standard InChI is InChI=1S/C22H21N3OSi/c1-2-25(22-23-18-24-26-22)27(19-12-6-3-7-13-19,20-14-8-4-9-15-20)21-16-10-5-11-17-21/h3-18H,2H2,1H3. The molecule has 0 aliphatic carbocycles. The number of anilines is 1. The molecule has 0 N–H and O–H groups in total. The third kappa shape index (κ3) is 2.96. The van der Waals surface area contributed by atoms with Crippen LogP contribution in [-0.4, -0.2) is 24.9 Å². The Kier molecular flexibility index (Phi) is 4.85. The van der Waals surface area contributed by atoms with E-state index in [1.165, 1.54) is 21.9 Å². The van der Waals surface area contributed by atoms with Crippen LogP contribution in [0.25, 0.3) is 0 Å². The van der Waals surface area contributed by atoms with Crippen molar-refractivity contribution >= 4 is 29.8 Å². The van der Waals surface area contributed by atoms with Crippen molar-refractivity contribution in [3.63, 3.8) is 0 Å². The third-order valence-corrected chi connectivity index (χ3v) is 9.70. The lowest BCUT2D eigenvalue weighted by atomic mass is 10.3. The highest BCUT2D eigenvalue weighted by molar-refractivity contribution is 7.13. The van der Waals surface area contributed by atoms with Crippen LogP contribution in [0.1, 0.15) is 6.92 Å². The molecule has 0 spiro atoms. The van der Waals surface area contributed by atoms with E-state index < -0.39 is 8.24 Å². The third-order valence-electron chi connectivity index (χ3n) is 4.88. The fourth-order valence-electron chi connectivity index (χ4n) is 3.81. The summed E-state index contributed by atoms with van der Waals surface area (Å²) < 4.78 is 7.86. The molecule has 3 aromatic carbocycles. The van der Waals surface area contributed by atoms with Gasteiger partial charge < -0.3 is 9.09 Å². The Morgan fingerprint density at radius 3 is 1.52 bits per heavy atom. The van der Waals surface area contributed by atoms with Gasteiger partial charge in [-0.3, -0.25) is 0 Å². The molecule has 1 aromatic heterocycles. The Balaban J connectivity index is 2.09. The topological polar surface area (TPSA) is 42.2 Å². The maximum atomic E-state index is 5.56. The fourth-order valence-corrected chi connectivity index (χ4v) is 8.63. The van der Waals surface area contributed by atoms with E-state index in [0.717, 1.165) is 6.54 Å². The van der Waals surface area contributed by atoms with Crippen LogP contribution < -0.4 is 20.1 Å². The van der Waals surface area contributed by atoms with Crippen molar-refractivity contribution in [1.29, 1.82) is 0 Å². The van der Waals surface area contributed by atoms with E-state index in [1.807, 2.05) is 0 Å². The molecule has 134 valence electrons. The number of benzene rings is 3. The zero-order valence-corrected chi connectivity index (χ0v) is 16.2. The van der Waals surface area contributed by atoms with Crippen LogP contribution in [-0.2, 0) is 0 Å². The molecule has 0 unspecified atom stereocenters. The van der Waals surface area contributed by atoms with Crippen molar-refractivity contribution in [2.45, 2.75) is 6.92 Å². The number of nitrogens with zero attached hydrogens (tertiary/aromatic N) is 3. The average molecular weight is 372 g/mol. The summed E-state index contributed by atoms with van der Waals surface area (Å²) in [5.41, 5.74) is 0. The minimum atomic E-state index is -2.62. The molecule has 1 heterocycles. The van der Waals surface area contributed by atoms with Gasteiger partial charge in [0.1, 0.15) is 0 Å². The van der Waals surface area contributed by atoms with Gasteiger partial charge in [-0.25, -0.2) is 0 Å². The number of rotatable bonds is 6. The molecule has 0 bridgehead atoms. The highest BCUT2D eigenvalue weighted by Crippen LogP contribution is 2.19. The molecule has 5 heteroatoms. The first kappa shape index (κ1) is 17.2. The van der Waals surface area contributed by atoms with Gasteiger partial charge in [0.25, 0.3) is 8.24 Å². The molecular weight excluding hydrogens is 350 g/mol. The summed E-state index contributed by atoms with van der Waals surface area (Å²) in [6, 6.07) is 32.6. The highest BCUT2D eigenvalue weighted by Gasteiger charge is 2.47. The van der Waals surface area contributed by atoms with E-state index in [9.17, 15) is 0 Å². The second-order valence-corrected chi connectivity index (χ2v) is 9.97. The zero-order valence-electron chi connectivity index (χ0n) is 15.2.